The molecule has 6 heteroatoms. The summed E-state index contributed by atoms with van der Waals surface area (Å²) in [5.41, 5.74) is 1.13. The largest absolute Gasteiger partial charge is 0.465 e. The number of rotatable bonds is 1. The minimum Gasteiger partial charge on any atom is -0.465 e. The van der Waals surface area contributed by atoms with Crippen LogP contribution in [0.2, 0.25) is 0 Å². The van der Waals surface area contributed by atoms with Gasteiger partial charge < -0.3 is 14.6 Å². The monoisotopic (exact) mass is 232 g/mol. The lowest BCUT2D eigenvalue weighted by molar-refractivity contribution is 0.174. The van der Waals surface area contributed by atoms with Crippen LogP contribution in [0.25, 0.3) is 10.9 Å². The molecule has 0 radical (unpaired) electrons. The minimum atomic E-state index is -1.12. The second-order valence-electron chi connectivity index (χ2n) is 3.51. The standard InChI is InChI=1S/C11H8N2O4/c14-11(15)13-7-1-2-12-8-4-10-9(3-6(7)8)16-5-17-10/h1-4H,5H2,(H,12,13)(H,14,15). The van der Waals surface area contributed by atoms with Crippen LogP contribution in [-0.4, -0.2) is 23.0 Å². The van der Waals surface area contributed by atoms with Crippen molar-refractivity contribution < 1.29 is 19.4 Å². The fourth-order valence-corrected chi connectivity index (χ4v) is 1.76. The first-order valence-electron chi connectivity index (χ1n) is 4.92. The molecular weight excluding hydrogens is 224 g/mol. The normalized spacial score (nSPS) is 12.7. The van der Waals surface area contributed by atoms with Gasteiger partial charge in [-0.05, 0) is 12.1 Å². The quantitative estimate of drug-likeness (QED) is 0.786. The molecule has 17 heavy (non-hydrogen) atoms. The van der Waals surface area contributed by atoms with Crippen molar-refractivity contribution in [3.8, 4) is 11.5 Å². The second kappa shape index (κ2) is 3.51. The first kappa shape index (κ1) is 9.71. The van der Waals surface area contributed by atoms with Gasteiger partial charge in [-0.15, -0.1) is 0 Å². The highest BCUT2D eigenvalue weighted by Crippen LogP contribution is 2.37. The van der Waals surface area contributed by atoms with Crippen LogP contribution in [0.15, 0.2) is 24.4 Å². The van der Waals surface area contributed by atoms with Crippen LogP contribution in [0.5, 0.6) is 11.5 Å². The van der Waals surface area contributed by atoms with E-state index in [1.54, 1.807) is 18.2 Å². The van der Waals surface area contributed by atoms with Crippen molar-refractivity contribution in [2.75, 3.05) is 12.1 Å². The smallest absolute Gasteiger partial charge is 0.409 e. The van der Waals surface area contributed by atoms with E-state index in [1.165, 1.54) is 6.20 Å². The molecule has 0 saturated heterocycles. The first-order chi connectivity index (χ1) is 8.24. The zero-order valence-electron chi connectivity index (χ0n) is 8.64. The van der Waals surface area contributed by atoms with E-state index in [-0.39, 0.29) is 6.79 Å². The zero-order chi connectivity index (χ0) is 11.8. The molecule has 0 spiro atoms. The van der Waals surface area contributed by atoms with Crippen molar-refractivity contribution in [1.29, 1.82) is 0 Å². The highest BCUT2D eigenvalue weighted by molar-refractivity contribution is 5.99. The van der Waals surface area contributed by atoms with Crippen LogP contribution in [0.4, 0.5) is 10.5 Å². The average molecular weight is 232 g/mol. The predicted molar refractivity (Wildman–Crippen MR) is 59.5 cm³/mol. The summed E-state index contributed by atoms with van der Waals surface area (Å²) in [6.45, 7) is 0.174. The number of carboxylic acid groups (broad SMARTS) is 1. The van der Waals surface area contributed by atoms with E-state index < -0.39 is 6.09 Å². The van der Waals surface area contributed by atoms with E-state index in [1.807, 2.05) is 0 Å². The summed E-state index contributed by atoms with van der Waals surface area (Å²) in [6.07, 6.45) is 0.422. The summed E-state index contributed by atoms with van der Waals surface area (Å²) in [5, 5.41) is 11.7. The molecule has 2 aromatic rings. The first-order valence-corrected chi connectivity index (χ1v) is 4.92. The third-order valence-corrected chi connectivity index (χ3v) is 2.48. The Morgan fingerprint density at radius 2 is 2.12 bits per heavy atom. The predicted octanol–water partition coefficient (Wildman–Crippen LogP) is 2.05. The van der Waals surface area contributed by atoms with Gasteiger partial charge in [-0.2, -0.15) is 0 Å². The number of anilines is 1. The van der Waals surface area contributed by atoms with E-state index in [0.717, 1.165) is 0 Å². The second-order valence-corrected chi connectivity index (χ2v) is 3.51. The van der Waals surface area contributed by atoms with Crippen molar-refractivity contribution in [1.82, 2.24) is 4.98 Å². The van der Waals surface area contributed by atoms with Gasteiger partial charge in [0.05, 0.1) is 11.2 Å². The summed E-state index contributed by atoms with van der Waals surface area (Å²) in [6, 6.07) is 5.04. The number of hydrogen-bond donors (Lipinski definition) is 2. The summed E-state index contributed by atoms with van der Waals surface area (Å²) >= 11 is 0. The Hall–Kier alpha value is -2.50. The van der Waals surface area contributed by atoms with Gasteiger partial charge in [0.25, 0.3) is 0 Å². The van der Waals surface area contributed by atoms with Gasteiger partial charge in [0.15, 0.2) is 11.5 Å². The van der Waals surface area contributed by atoms with E-state index in [9.17, 15) is 4.79 Å². The maximum Gasteiger partial charge on any atom is 0.409 e. The molecule has 6 nitrogen and oxygen atoms in total. The van der Waals surface area contributed by atoms with Crippen molar-refractivity contribution in [2.45, 2.75) is 0 Å². The molecule has 2 heterocycles. The molecular formula is C11H8N2O4. The molecule has 0 aliphatic carbocycles. The Morgan fingerprint density at radius 3 is 2.88 bits per heavy atom. The van der Waals surface area contributed by atoms with E-state index in [0.29, 0.717) is 28.1 Å². The van der Waals surface area contributed by atoms with E-state index >= 15 is 0 Å². The molecule has 0 atom stereocenters. The summed E-state index contributed by atoms with van der Waals surface area (Å²) in [7, 11) is 0. The lowest BCUT2D eigenvalue weighted by Gasteiger charge is -2.06. The van der Waals surface area contributed by atoms with Crippen molar-refractivity contribution >= 4 is 22.7 Å². The van der Waals surface area contributed by atoms with Gasteiger partial charge in [0.2, 0.25) is 6.79 Å². The van der Waals surface area contributed by atoms with Crippen LogP contribution in [0.3, 0.4) is 0 Å². The number of ether oxygens (including phenoxy) is 2. The molecule has 1 amide bonds. The Bertz CT molecular complexity index is 612. The highest BCUT2D eigenvalue weighted by atomic mass is 16.7. The Morgan fingerprint density at radius 1 is 1.35 bits per heavy atom. The lowest BCUT2D eigenvalue weighted by atomic mass is 10.1. The molecule has 0 saturated carbocycles. The number of aromatic nitrogens is 1. The zero-order valence-corrected chi connectivity index (χ0v) is 8.64. The molecule has 1 aliphatic heterocycles. The maximum absolute atomic E-state index is 10.7. The third kappa shape index (κ3) is 1.59. The SMILES string of the molecule is O=C(O)Nc1ccnc2cc3c(cc12)OCO3. The van der Waals surface area contributed by atoms with Crippen LogP contribution < -0.4 is 14.8 Å². The summed E-state index contributed by atoms with van der Waals surface area (Å²) < 4.78 is 10.5. The van der Waals surface area contributed by atoms with Crippen molar-refractivity contribution in [3.63, 3.8) is 0 Å². The molecule has 1 aromatic heterocycles. The number of nitrogens with one attached hydrogen (secondary N) is 1. The summed E-state index contributed by atoms with van der Waals surface area (Å²) in [4.78, 5) is 14.8. The van der Waals surface area contributed by atoms with Crippen LogP contribution in [0.1, 0.15) is 0 Å². The third-order valence-electron chi connectivity index (χ3n) is 2.48. The lowest BCUT2D eigenvalue weighted by Crippen LogP contribution is -2.07. The number of nitrogens with zero attached hydrogens (tertiary/aromatic N) is 1. The number of carbonyl (C=O) groups is 1. The van der Waals surface area contributed by atoms with Gasteiger partial charge in [0.1, 0.15) is 0 Å². The van der Waals surface area contributed by atoms with Gasteiger partial charge in [0, 0.05) is 17.6 Å². The molecule has 0 fully saturated rings. The number of fused-ring (bicyclic) bond motifs is 2. The Balaban J connectivity index is 2.20. The number of benzene rings is 1. The van der Waals surface area contributed by atoms with Gasteiger partial charge in [-0.3, -0.25) is 10.3 Å². The van der Waals surface area contributed by atoms with Crippen molar-refractivity contribution in [2.24, 2.45) is 0 Å². The molecule has 3 rings (SSSR count). The minimum absolute atomic E-state index is 0.174. The molecule has 1 aromatic carbocycles. The maximum atomic E-state index is 10.7. The van der Waals surface area contributed by atoms with Crippen LogP contribution in [-0.2, 0) is 0 Å². The molecule has 2 N–H and O–H groups in total. The average Bonchev–Trinajstić information content (AvgIpc) is 2.73. The van der Waals surface area contributed by atoms with Gasteiger partial charge >= 0.3 is 6.09 Å². The molecule has 0 unspecified atom stereocenters. The van der Waals surface area contributed by atoms with E-state index in [4.69, 9.17) is 14.6 Å². The van der Waals surface area contributed by atoms with Crippen LogP contribution in [0, 0.1) is 0 Å². The van der Waals surface area contributed by atoms with Crippen LogP contribution >= 0.6 is 0 Å². The molecule has 1 aliphatic rings. The molecule has 86 valence electrons. The fraction of sp³-hybridized carbons (Fsp3) is 0.0909. The Labute approximate surface area is 95.8 Å². The van der Waals surface area contributed by atoms with Gasteiger partial charge in [-0.1, -0.05) is 0 Å². The Kier molecular flexibility index (Phi) is 2.01. The molecule has 0 bridgehead atoms. The van der Waals surface area contributed by atoms with Crippen molar-refractivity contribution in [3.05, 3.63) is 24.4 Å². The van der Waals surface area contributed by atoms with Gasteiger partial charge in [-0.25, -0.2) is 4.79 Å². The topological polar surface area (TPSA) is 80.7 Å². The fourth-order valence-electron chi connectivity index (χ4n) is 1.76. The number of hydrogen-bond acceptors (Lipinski definition) is 4. The number of amides is 1. The summed E-state index contributed by atoms with van der Waals surface area (Å²) in [5.74, 6) is 1.22. The highest BCUT2D eigenvalue weighted by Gasteiger charge is 2.16. The number of pyridine rings is 1. The van der Waals surface area contributed by atoms with E-state index in [2.05, 4.69) is 10.3 Å².